The third-order valence-corrected chi connectivity index (χ3v) is 2.30. The SMILES string of the molecule is [O-]c1cccc2cc(Br)ccc12. The summed E-state index contributed by atoms with van der Waals surface area (Å²) in [6.07, 6.45) is 0. The molecule has 2 rings (SSSR count). The maximum atomic E-state index is 11.3. The van der Waals surface area contributed by atoms with Gasteiger partial charge in [-0.05, 0) is 22.9 Å². The van der Waals surface area contributed by atoms with E-state index in [2.05, 4.69) is 15.9 Å². The largest absolute Gasteiger partial charge is 0.872 e. The molecular weight excluding hydrogens is 216 g/mol. The van der Waals surface area contributed by atoms with E-state index < -0.39 is 0 Å². The standard InChI is InChI=1S/C10H7BrO/c11-8-4-5-9-7(6-8)2-1-3-10(9)12/h1-6,12H/p-1. The minimum Gasteiger partial charge on any atom is -0.872 e. The third-order valence-electron chi connectivity index (χ3n) is 1.80. The number of rotatable bonds is 0. The smallest absolute Gasteiger partial charge is 0.0181 e. The Balaban J connectivity index is 2.86. The van der Waals surface area contributed by atoms with Crippen LogP contribution >= 0.6 is 15.9 Å². The van der Waals surface area contributed by atoms with Gasteiger partial charge < -0.3 is 5.11 Å². The molecule has 0 radical (unpaired) electrons. The molecule has 0 unspecified atom stereocenters. The Labute approximate surface area is 78.8 Å². The lowest BCUT2D eigenvalue weighted by Crippen LogP contribution is -1.89. The van der Waals surface area contributed by atoms with Crippen LogP contribution in [0.2, 0.25) is 0 Å². The minimum absolute atomic E-state index is 0.0833. The summed E-state index contributed by atoms with van der Waals surface area (Å²) >= 11 is 3.35. The van der Waals surface area contributed by atoms with Crippen LogP contribution in [0.4, 0.5) is 0 Å². The molecule has 0 fully saturated rings. The molecule has 0 spiro atoms. The van der Waals surface area contributed by atoms with Crippen LogP contribution < -0.4 is 5.11 Å². The van der Waals surface area contributed by atoms with Crippen LogP contribution in [-0.2, 0) is 0 Å². The first-order valence-electron chi connectivity index (χ1n) is 3.63. The van der Waals surface area contributed by atoms with Crippen molar-refractivity contribution >= 4 is 26.7 Å². The molecule has 0 amide bonds. The number of benzene rings is 2. The zero-order valence-corrected chi connectivity index (χ0v) is 7.84. The molecule has 2 heteroatoms. The summed E-state index contributed by atoms with van der Waals surface area (Å²) < 4.78 is 1.00. The lowest BCUT2D eigenvalue weighted by atomic mass is 10.1. The highest BCUT2D eigenvalue weighted by atomic mass is 79.9. The maximum absolute atomic E-state index is 11.3. The second-order valence-corrected chi connectivity index (χ2v) is 3.54. The van der Waals surface area contributed by atoms with Crippen molar-refractivity contribution in [3.05, 3.63) is 40.9 Å². The maximum Gasteiger partial charge on any atom is 0.0181 e. The normalized spacial score (nSPS) is 10.4. The molecule has 0 aliphatic rings. The molecule has 2 aromatic rings. The topological polar surface area (TPSA) is 23.1 Å². The van der Waals surface area contributed by atoms with Crippen LogP contribution in [0.3, 0.4) is 0 Å². The predicted octanol–water partition coefficient (Wildman–Crippen LogP) is 2.68. The van der Waals surface area contributed by atoms with Gasteiger partial charge in [-0.1, -0.05) is 40.2 Å². The third kappa shape index (κ3) is 1.18. The lowest BCUT2D eigenvalue weighted by molar-refractivity contribution is -0.265. The zero-order chi connectivity index (χ0) is 8.55. The summed E-state index contributed by atoms with van der Waals surface area (Å²) in [6, 6.07) is 10.9. The first kappa shape index (κ1) is 7.62. The Bertz CT molecular complexity index is 423. The first-order valence-corrected chi connectivity index (χ1v) is 4.42. The average molecular weight is 222 g/mol. The van der Waals surface area contributed by atoms with Gasteiger partial charge in [-0.3, -0.25) is 0 Å². The summed E-state index contributed by atoms with van der Waals surface area (Å²) in [4.78, 5) is 0. The summed E-state index contributed by atoms with van der Waals surface area (Å²) in [5, 5.41) is 13.0. The van der Waals surface area contributed by atoms with Crippen molar-refractivity contribution in [3.8, 4) is 5.75 Å². The van der Waals surface area contributed by atoms with E-state index in [1.807, 2.05) is 24.3 Å². The fourth-order valence-corrected chi connectivity index (χ4v) is 1.60. The van der Waals surface area contributed by atoms with E-state index in [0.717, 1.165) is 15.2 Å². The minimum atomic E-state index is 0.0833. The van der Waals surface area contributed by atoms with Gasteiger partial charge in [0, 0.05) is 4.47 Å². The van der Waals surface area contributed by atoms with Crippen LogP contribution in [0, 0.1) is 0 Å². The Hall–Kier alpha value is -1.02. The molecule has 2 aromatic carbocycles. The first-order chi connectivity index (χ1) is 5.77. The van der Waals surface area contributed by atoms with Gasteiger partial charge in [-0.25, -0.2) is 0 Å². The Kier molecular flexibility index (Phi) is 1.77. The molecule has 0 heterocycles. The molecule has 0 bridgehead atoms. The van der Waals surface area contributed by atoms with E-state index in [1.54, 1.807) is 12.1 Å². The van der Waals surface area contributed by atoms with Gasteiger partial charge in [0.15, 0.2) is 0 Å². The predicted molar refractivity (Wildman–Crippen MR) is 51.1 cm³/mol. The molecule has 0 atom stereocenters. The molecule has 0 aromatic heterocycles. The number of halogens is 1. The highest BCUT2D eigenvalue weighted by Gasteiger charge is 1.92. The summed E-state index contributed by atoms with van der Waals surface area (Å²) in [7, 11) is 0. The molecule has 1 nitrogen and oxygen atoms in total. The second-order valence-electron chi connectivity index (χ2n) is 2.62. The van der Waals surface area contributed by atoms with Gasteiger partial charge in [-0.2, -0.15) is 0 Å². The van der Waals surface area contributed by atoms with E-state index in [1.165, 1.54) is 0 Å². The number of fused-ring (bicyclic) bond motifs is 1. The van der Waals surface area contributed by atoms with Crippen molar-refractivity contribution in [3.63, 3.8) is 0 Å². The number of hydrogen-bond donors (Lipinski definition) is 0. The molecule has 12 heavy (non-hydrogen) atoms. The Morgan fingerprint density at radius 1 is 1.08 bits per heavy atom. The number of hydrogen-bond acceptors (Lipinski definition) is 1. The van der Waals surface area contributed by atoms with Gasteiger partial charge in [-0.15, -0.1) is 5.75 Å². The van der Waals surface area contributed by atoms with Crippen LogP contribution in [-0.4, -0.2) is 0 Å². The zero-order valence-electron chi connectivity index (χ0n) is 6.25. The molecule has 0 saturated carbocycles. The van der Waals surface area contributed by atoms with Crippen molar-refractivity contribution in [1.29, 1.82) is 0 Å². The van der Waals surface area contributed by atoms with Gasteiger partial charge in [0.05, 0.1) is 0 Å². The Morgan fingerprint density at radius 2 is 1.92 bits per heavy atom. The van der Waals surface area contributed by atoms with E-state index in [4.69, 9.17) is 0 Å². The van der Waals surface area contributed by atoms with Crippen molar-refractivity contribution < 1.29 is 5.11 Å². The van der Waals surface area contributed by atoms with Crippen LogP contribution in [0.1, 0.15) is 0 Å². The van der Waals surface area contributed by atoms with Crippen molar-refractivity contribution in [1.82, 2.24) is 0 Å². The van der Waals surface area contributed by atoms with Gasteiger partial charge in [0.2, 0.25) is 0 Å². The van der Waals surface area contributed by atoms with Crippen molar-refractivity contribution in [2.75, 3.05) is 0 Å². The van der Waals surface area contributed by atoms with Gasteiger partial charge in [0.25, 0.3) is 0 Å². The van der Waals surface area contributed by atoms with Crippen molar-refractivity contribution in [2.24, 2.45) is 0 Å². The summed E-state index contributed by atoms with van der Waals surface area (Å²) in [5.41, 5.74) is 0. The van der Waals surface area contributed by atoms with E-state index in [0.29, 0.717) is 0 Å². The van der Waals surface area contributed by atoms with Gasteiger partial charge in [0.1, 0.15) is 0 Å². The average Bonchev–Trinajstić information content (AvgIpc) is 2.04. The monoisotopic (exact) mass is 221 g/mol. The van der Waals surface area contributed by atoms with E-state index in [-0.39, 0.29) is 5.75 Å². The molecule has 0 aliphatic heterocycles. The highest BCUT2D eigenvalue weighted by molar-refractivity contribution is 9.10. The summed E-state index contributed by atoms with van der Waals surface area (Å²) in [6.45, 7) is 0. The Morgan fingerprint density at radius 3 is 2.75 bits per heavy atom. The summed E-state index contributed by atoms with van der Waals surface area (Å²) in [5.74, 6) is 0.0833. The molecule has 60 valence electrons. The molecular formula is C10H6BrO-. The fourth-order valence-electron chi connectivity index (χ4n) is 1.22. The molecule has 0 aliphatic carbocycles. The lowest BCUT2D eigenvalue weighted by Gasteiger charge is -2.09. The van der Waals surface area contributed by atoms with Crippen molar-refractivity contribution in [2.45, 2.75) is 0 Å². The highest BCUT2D eigenvalue weighted by Crippen LogP contribution is 2.24. The van der Waals surface area contributed by atoms with Crippen LogP contribution in [0.15, 0.2) is 40.9 Å². The second kappa shape index (κ2) is 2.79. The van der Waals surface area contributed by atoms with Crippen LogP contribution in [0.25, 0.3) is 10.8 Å². The fraction of sp³-hybridized carbons (Fsp3) is 0. The van der Waals surface area contributed by atoms with E-state index >= 15 is 0 Å². The quantitative estimate of drug-likeness (QED) is 0.671. The van der Waals surface area contributed by atoms with Gasteiger partial charge >= 0.3 is 0 Å². The molecule has 0 saturated heterocycles. The van der Waals surface area contributed by atoms with Crippen LogP contribution in [0.5, 0.6) is 5.75 Å². The molecule has 0 N–H and O–H groups in total. The van der Waals surface area contributed by atoms with E-state index in [9.17, 15) is 5.11 Å².